The predicted octanol–water partition coefficient (Wildman–Crippen LogP) is 3.17. The second kappa shape index (κ2) is 6.06. The Morgan fingerprint density at radius 3 is 2.83 bits per heavy atom. The number of rotatable bonds is 3. The fraction of sp³-hybridized carbons (Fsp3) is 0.375. The third-order valence-electron chi connectivity index (χ3n) is 3.71. The van der Waals surface area contributed by atoms with Gasteiger partial charge in [-0.2, -0.15) is 13.2 Å². The number of amides is 1. The maximum atomic E-state index is 12.3. The van der Waals surface area contributed by atoms with E-state index >= 15 is 0 Å². The summed E-state index contributed by atoms with van der Waals surface area (Å²) in [5, 5.41) is 0.980. The number of halogens is 3. The summed E-state index contributed by atoms with van der Waals surface area (Å²) in [5.41, 5.74) is 0.785. The molecule has 3 rings (SSSR count). The molecule has 1 atom stereocenters. The smallest absolute Gasteiger partial charge is 0.397 e. The Labute approximate surface area is 130 Å². The van der Waals surface area contributed by atoms with Gasteiger partial charge in [0.2, 0.25) is 11.8 Å². The largest absolute Gasteiger partial charge is 0.472 e. The molecule has 0 spiro atoms. The number of hydrogen-bond donors (Lipinski definition) is 0. The van der Waals surface area contributed by atoms with E-state index in [1.54, 1.807) is 6.07 Å². The summed E-state index contributed by atoms with van der Waals surface area (Å²) in [4.78, 5) is 17.1. The number of alkyl halides is 3. The third-order valence-corrected chi connectivity index (χ3v) is 3.71. The molecule has 2 heterocycles. The van der Waals surface area contributed by atoms with Gasteiger partial charge in [0.05, 0.1) is 12.1 Å². The zero-order valence-corrected chi connectivity index (χ0v) is 12.2. The molecule has 1 fully saturated rings. The first-order valence-corrected chi connectivity index (χ1v) is 7.28. The van der Waals surface area contributed by atoms with Crippen LogP contribution in [-0.2, 0) is 4.79 Å². The van der Waals surface area contributed by atoms with Crippen LogP contribution in [0.1, 0.15) is 12.8 Å². The van der Waals surface area contributed by atoms with Crippen LogP contribution < -0.4 is 4.74 Å². The van der Waals surface area contributed by atoms with E-state index in [4.69, 9.17) is 4.74 Å². The van der Waals surface area contributed by atoms with Crippen molar-refractivity contribution in [3.63, 3.8) is 0 Å². The van der Waals surface area contributed by atoms with Gasteiger partial charge in [-0.15, -0.1) is 0 Å². The number of aromatic nitrogens is 1. The molecule has 0 saturated carbocycles. The second-order valence-corrected chi connectivity index (χ2v) is 5.50. The van der Waals surface area contributed by atoms with Crippen LogP contribution >= 0.6 is 0 Å². The fourth-order valence-corrected chi connectivity index (χ4v) is 2.62. The number of ether oxygens (including phenoxy) is 1. The number of nitrogens with zero attached hydrogens (tertiary/aromatic N) is 2. The molecular weight excluding hydrogens is 309 g/mol. The number of pyridine rings is 1. The van der Waals surface area contributed by atoms with Crippen molar-refractivity contribution in [2.24, 2.45) is 0 Å². The van der Waals surface area contributed by atoms with Crippen LogP contribution in [0.3, 0.4) is 0 Å². The van der Waals surface area contributed by atoms with Gasteiger partial charge in [-0.25, -0.2) is 4.98 Å². The van der Waals surface area contributed by atoms with Gasteiger partial charge >= 0.3 is 6.18 Å². The van der Waals surface area contributed by atoms with Crippen LogP contribution in [0.4, 0.5) is 13.2 Å². The number of para-hydroxylation sites is 1. The molecule has 0 bridgehead atoms. The highest BCUT2D eigenvalue weighted by Gasteiger charge is 2.36. The molecule has 1 saturated heterocycles. The molecule has 4 nitrogen and oxygen atoms in total. The van der Waals surface area contributed by atoms with Gasteiger partial charge in [-0.1, -0.05) is 18.2 Å². The molecule has 0 N–H and O–H groups in total. The third kappa shape index (κ3) is 3.91. The monoisotopic (exact) mass is 324 g/mol. The Bertz CT molecular complexity index is 718. The molecule has 1 aliphatic rings. The van der Waals surface area contributed by atoms with Gasteiger partial charge in [-0.3, -0.25) is 4.79 Å². The Balaban J connectivity index is 1.61. The number of likely N-dealkylation sites (tertiary alicyclic amines) is 1. The number of benzene rings is 1. The summed E-state index contributed by atoms with van der Waals surface area (Å²) in [7, 11) is 0. The first-order chi connectivity index (χ1) is 10.9. The molecule has 2 aromatic rings. The normalized spacial score (nSPS) is 18.4. The predicted molar refractivity (Wildman–Crippen MR) is 78.0 cm³/mol. The molecule has 0 aliphatic carbocycles. The average molecular weight is 324 g/mol. The van der Waals surface area contributed by atoms with E-state index in [0.717, 1.165) is 10.9 Å². The van der Waals surface area contributed by atoms with E-state index in [-0.39, 0.29) is 19.2 Å². The second-order valence-electron chi connectivity index (χ2n) is 5.50. The Morgan fingerprint density at radius 1 is 1.26 bits per heavy atom. The first-order valence-electron chi connectivity index (χ1n) is 7.28. The minimum atomic E-state index is -4.48. The molecular formula is C16H15F3N2O2. The molecule has 122 valence electrons. The SMILES string of the molecule is O=C(CC(F)(F)F)N1CC[C@@H](Oc2ccc3ccccc3n2)C1. The summed E-state index contributed by atoms with van der Waals surface area (Å²) in [6.07, 6.45) is -5.73. The van der Waals surface area contributed by atoms with Crippen LogP contribution in [-0.4, -0.2) is 41.2 Å². The number of carbonyl (C=O) groups is 1. The quantitative estimate of drug-likeness (QED) is 0.871. The van der Waals surface area contributed by atoms with Gasteiger partial charge in [0.1, 0.15) is 12.5 Å². The summed E-state index contributed by atoms with van der Waals surface area (Å²) in [6.45, 7) is 0.427. The van der Waals surface area contributed by atoms with Gasteiger partial charge in [0, 0.05) is 24.4 Å². The topological polar surface area (TPSA) is 42.4 Å². The van der Waals surface area contributed by atoms with Crippen molar-refractivity contribution >= 4 is 16.8 Å². The fourth-order valence-electron chi connectivity index (χ4n) is 2.62. The van der Waals surface area contributed by atoms with Crippen LogP contribution in [0.25, 0.3) is 10.9 Å². The molecule has 1 aromatic heterocycles. The van der Waals surface area contributed by atoms with Crippen molar-refractivity contribution in [1.82, 2.24) is 9.88 Å². The average Bonchev–Trinajstić information content (AvgIpc) is 2.94. The lowest BCUT2D eigenvalue weighted by Crippen LogP contribution is -2.33. The highest BCUT2D eigenvalue weighted by molar-refractivity contribution is 5.79. The standard InChI is InChI=1S/C16H15F3N2O2/c17-16(18,19)9-15(22)21-8-7-12(10-21)23-14-6-5-11-3-1-2-4-13(11)20-14/h1-6,12H,7-10H2/t12-/m1/s1. The molecule has 7 heteroatoms. The Kier molecular flexibility index (Phi) is 4.11. The number of fused-ring (bicyclic) bond motifs is 1. The maximum Gasteiger partial charge on any atom is 0.397 e. The molecule has 0 radical (unpaired) electrons. The number of hydrogen-bond acceptors (Lipinski definition) is 3. The van der Waals surface area contributed by atoms with Crippen LogP contribution in [0, 0.1) is 0 Å². The zero-order valence-electron chi connectivity index (χ0n) is 12.2. The summed E-state index contributed by atoms with van der Waals surface area (Å²) in [5.74, 6) is -0.492. The van der Waals surface area contributed by atoms with Crippen LogP contribution in [0.2, 0.25) is 0 Å². The first kappa shape index (κ1) is 15.6. The Hall–Kier alpha value is -2.31. The summed E-state index contributed by atoms with van der Waals surface area (Å²) < 4.78 is 42.5. The van der Waals surface area contributed by atoms with Crippen molar-refractivity contribution in [1.29, 1.82) is 0 Å². The van der Waals surface area contributed by atoms with Gasteiger partial charge in [0.15, 0.2) is 0 Å². The van der Waals surface area contributed by atoms with E-state index in [9.17, 15) is 18.0 Å². The lowest BCUT2D eigenvalue weighted by molar-refractivity contribution is -0.160. The molecule has 1 amide bonds. The molecule has 1 aromatic carbocycles. The molecule has 0 unspecified atom stereocenters. The van der Waals surface area contributed by atoms with E-state index in [1.165, 1.54) is 4.90 Å². The van der Waals surface area contributed by atoms with Crippen molar-refractivity contribution in [2.45, 2.75) is 25.1 Å². The van der Waals surface area contributed by atoms with Gasteiger partial charge in [-0.05, 0) is 12.1 Å². The number of carbonyl (C=O) groups excluding carboxylic acids is 1. The minimum absolute atomic E-state index is 0.156. The Morgan fingerprint density at radius 2 is 2.04 bits per heavy atom. The van der Waals surface area contributed by atoms with E-state index < -0.39 is 18.5 Å². The van der Waals surface area contributed by atoms with E-state index in [0.29, 0.717) is 12.3 Å². The minimum Gasteiger partial charge on any atom is -0.472 e. The van der Waals surface area contributed by atoms with Crippen molar-refractivity contribution < 1.29 is 22.7 Å². The highest BCUT2D eigenvalue weighted by Crippen LogP contribution is 2.24. The van der Waals surface area contributed by atoms with E-state index in [2.05, 4.69) is 4.98 Å². The molecule has 1 aliphatic heterocycles. The van der Waals surface area contributed by atoms with Gasteiger partial charge in [0.25, 0.3) is 0 Å². The molecule has 23 heavy (non-hydrogen) atoms. The van der Waals surface area contributed by atoms with E-state index in [1.807, 2.05) is 30.3 Å². The highest BCUT2D eigenvalue weighted by atomic mass is 19.4. The van der Waals surface area contributed by atoms with Crippen molar-refractivity contribution in [3.05, 3.63) is 36.4 Å². The zero-order chi connectivity index (χ0) is 16.4. The van der Waals surface area contributed by atoms with Crippen molar-refractivity contribution in [3.8, 4) is 5.88 Å². The van der Waals surface area contributed by atoms with Crippen LogP contribution in [0.15, 0.2) is 36.4 Å². The summed E-state index contributed by atoms with van der Waals surface area (Å²) in [6, 6.07) is 11.2. The lowest BCUT2D eigenvalue weighted by atomic mass is 10.2. The maximum absolute atomic E-state index is 12.3. The van der Waals surface area contributed by atoms with Crippen LogP contribution in [0.5, 0.6) is 5.88 Å². The van der Waals surface area contributed by atoms with Crippen molar-refractivity contribution in [2.75, 3.05) is 13.1 Å². The lowest BCUT2D eigenvalue weighted by Gasteiger charge is -2.18. The van der Waals surface area contributed by atoms with Gasteiger partial charge < -0.3 is 9.64 Å². The summed E-state index contributed by atoms with van der Waals surface area (Å²) >= 11 is 0.